The number of nitrogens with two attached hydrogens (primary N) is 1. The van der Waals surface area contributed by atoms with Crippen molar-refractivity contribution in [3.63, 3.8) is 0 Å². The van der Waals surface area contributed by atoms with Gasteiger partial charge in [-0.25, -0.2) is 0 Å². The second-order valence-corrected chi connectivity index (χ2v) is 8.83. The third kappa shape index (κ3) is 4.60. The van der Waals surface area contributed by atoms with E-state index < -0.39 is 20.3 Å². The molecule has 0 aliphatic carbocycles. The Morgan fingerprint density at radius 3 is 1.33 bits per heavy atom. The van der Waals surface area contributed by atoms with Gasteiger partial charge >= 0.3 is 15.2 Å². The largest absolute Gasteiger partial charge is 0.374 e. The molecule has 0 fully saturated rings. The van der Waals surface area contributed by atoms with Gasteiger partial charge in [0.05, 0.1) is 26.4 Å². The van der Waals surface area contributed by atoms with Gasteiger partial charge in [-0.2, -0.15) is 0 Å². The molecule has 0 radical (unpaired) electrons. The molecule has 0 saturated heterocycles. The van der Waals surface area contributed by atoms with Gasteiger partial charge in [0.1, 0.15) is 0 Å². The first-order valence-corrected chi connectivity index (χ1v) is 10.1. The highest BCUT2D eigenvalue weighted by Gasteiger charge is 2.64. The molecule has 128 valence electrons. The summed E-state index contributed by atoms with van der Waals surface area (Å²) in [6.07, 6.45) is -0.304. The van der Waals surface area contributed by atoms with Crippen molar-refractivity contribution in [1.82, 2.24) is 0 Å². The standard InChI is InChI=1S/C11H27NO7P2/c1-5-16-20(14,17-6-2)11(13,9-10-12)21(15,18-7-3)19-8-4/h13H,5-10,12H2,1-4H3. The molecule has 0 spiro atoms. The molecule has 3 N–H and O–H groups in total. The lowest BCUT2D eigenvalue weighted by Crippen LogP contribution is -2.35. The van der Waals surface area contributed by atoms with Crippen LogP contribution in [0.4, 0.5) is 0 Å². The highest BCUT2D eigenvalue weighted by atomic mass is 31.2. The molecular formula is C11H27NO7P2. The van der Waals surface area contributed by atoms with Crippen molar-refractivity contribution in [2.24, 2.45) is 5.73 Å². The van der Waals surface area contributed by atoms with E-state index in [-0.39, 0.29) is 39.4 Å². The predicted octanol–water partition coefficient (Wildman–Crippen LogP) is 2.51. The summed E-state index contributed by atoms with van der Waals surface area (Å²) >= 11 is 0. The van der Waals surface area contributed by atoms with Crippen molar-refractivity contribution >= 4 is 15.2 Å². The summed E-state index contributed by atoms with van der Waals surface area (Å²) in [7, 11) is -8.35. The molecule has 10 heteroatoms. The van der Waals surface area contributed by atoms with Crippen LogP contribution in [0.25, 0.3) is 0 Å². The number of hydrogen-bond donors (Lipinski definition) is 2. The Morgan fingerprint density at radius 1 is 0.857 bits per heavy atom. The molecule has 21 heavy (non-hydrogen) atoms. The maximum absolute atomic E-state index is 12.9. The highest BCUT2D eigenvalue weighted by Crippen LogP contribution is 2.77. The summed E-state index contributed by atoms with van der Waals surface area (Å²) in [5.41, 5.74) is 5.47. The second kappa shape index (κ2) is 9.38. The van der Waals surface area contributed by atoms with Crippen molar-refractivity contribution in [2.75, 3.05) is 33.0 Å². The number of hydrogen-bond acceptors (Lipinski definition) is 8. The van der Waals surface area contributed by atoms with Crippen molar-refractivity contribution in [1.29, 1.82) is 0 Å². The third-order valence-corrected chi connectivity index (χ3v) is 8.62. The van der Waals surface area contributed by atoms with E-state index in [0.717, 1.165) is 0 Å². The van der Waals surface area contributed by atoms with E-state index in [1.807, 2.05) is 0 Å². The molecule has 0 amide bonds. The minimum Gasteiger partial charge on any atom is -0.367 e. The molecular weight excluding hydrogens is 320 g/mol. The van der Waals surface area contributed by atoms with Crippen LogP contribution in [0.5, 0.6) is 0 Å². The molecule has 0 aromatic heterocycles. The molecule has 0 unspecified atom stereocenters. The monoisotopic (exact) mass is 347 g/mol. The first kappa shape index (κ1) is 21.2. The second-order valence-electron chi connectivity index (χ2n) is 3.98. The zero-order valence-corrected chi connectivity index (χ0v) is 14.9. The van der Waals surface area contributed by atoms with Crippen LogP contribution in [0.15, 0.2) is 0 Å². The van der Waals surface area contributed by atoms with E-state index in [1.165, 1.54) is 0 Å². The fourth-order valence-corrected chi connectivity index (χ4v) is 6.82. The predicted molar refractivity (Wildman–Crippen MR) is 80.3 cm³/mol. The summed E-state index contributed by atoms with van der Waals surface area (Å²) in [6.45, 7) is 6.25. The Hall–Kier alpha value is 0.220. The van der Waals surface area contributed by atoms with Crippen LogP contribution in [-0.2, 0) is 27.2 Å². The van der Waals surface area contributed by atoms with Crippen LogP contribution >= 0.6 is 15.2 Å². The van der Waals surface area contributed by atoms with Gasteiger partial charge in [0, 0.05) is 6.42 Å². The normalized spacial score (nSPS) is 13.6. The molecule has 0 bridgehead atoms. The minimum atomic E-state index is -4.18. The van der Waals surface area contributed by atoms with Crippen molar-refractivity contribution < 1.29 is 32.3 Å². The van der Waals surface area contributed by atoms with Gasteiger partial charge < -0.3 is 28.9 Å². The molecule has 8 nitrogen and oxygen atoms in total. The van der Waals surface area contributed by atoms with Gasteiger partial charge in [0.2, 0.25) is 0 Å². The lowest BCUT2D eigenvalue weighted by Gasteiger charge is -2.38. The Bertz CT molecular complexity index is 341. The smallest absolute Gasteiger partial charge is 0.367 e. The molecule has 0 aromatic carbocycles. The topological polar surface area (TPSA) is 117 Å². The van der Waals surface area contributed by atoms with Crippen molar-refractivity contribution in [3.05, 3.63) is 0 Å². The Balaban J connectivity index is 5.95. The van der Waals surface area contributed by atoms with Gasteiger partial charge in [0.15, 0.2) is 0 Å². The Morgan fingerprint density at radius 2 is 1.14 bits per heavy atom. The van der Waals surface area contributed by atoms with Crippen LogP contribution in [-0.4, -0.2) is 43.2 Å². The summed E-state index contributed by atoms with van der Waals surface area (Å²) < 4.78 is 46.4. The Kier molecular flexibility index (Phi) is 9.48. The fraction of sp³-hybridized carbons (Fsp3) is 1.00. The minimum absolute atomic E-state index is 0.00239. The lowest BCUT2D eigenvalue weighted by molar-refractivity contribution is 0.0789. The molecule has 0 atom stereocenters. The summed E-state index contributed by atoms with van der Waals surface area (Å²) in [5, 5.41) is 8.43. The molecule has 0 heterocycles. The van der Waals surface area contributed by atoms with E-state index in [1.54, 1.807) is 27.7 Å². The van der Waals surface area contributed by atoms with Crippen LogP contribution in [0, 0.1) is 0 Å². The highest BCUT2D eigenvalue weighted by molar-refractivity contribution is 7.73. The van der Waals surface area contributed by atoms with Crippen LogP contribution in [0.1, 0.15) is 34.1 Å². The van der Waals surface area contributed by atoms with E-state index >= 15 is 0 Å². The Labute approximate surface area is 126 Å². The van der Waals surface area contributed by atoms with Crippen molar-refractivity contribution in [3.8, 4) is 0 Å². The first-order chi connectivity index (χ1) is 9.80. The zero-order valence-electron chi connectivity index (χ0n) is 13.1. The third-order valence-electron chi connectivity index (χ3n) is 2.55. The van der Waals surface area contributed by atoms with Crippen LogP contribution in [0.3, 0.4) is 0 Å². The fourth-order valence-electron chi connectivity index (χ4n) is 1.79. The van der Waals surface area contributed by atoms with E-state index in [9.17, 15) is 14.2 Å². The maximum Gasteiger partial charge on any atom is 0.374 e. The van der Waals surface area contributed by atoms with Crippen LogP contribution in [0.2, 0.25) is 0 Å². The molecule has 0 rings (SSSR count). The first-order valence-electron chi connectivity index (χ1n) is 7.01. The summed E-state index contributed by atoms with van der Waals surface area (Å²) in [6, 6.07) is 0. The van der Waals surface area contributed by atoms with Gasteiger partial charge in [-0.15, -0.1) is 0 Å². The quantitative estimate of drug-likeness (QED) is 0.517. The number of rotatable bonds is 12. The molecule has 0 saturated carbocycles. The van der Waals surface area contributed by atoms with E-state index in [0.29, 0.717) is 0 Å². The summed E-state index contributed by atoms with van der Waals surface area (Å²) in [4.78, 5) is 0. The van der Waals surface area contributed by atoms with Crippen molar-refractivity contribution in [2.45, 2.75) is 39.2 Å². The van der Waals surface area contributed by atoms with E-state index in [2.05, 4.69) is 0 Å². The average Bonchev–Trinajstić information content (AvgIpc) is 2.39. The maximum atomic E-state index is 12.9. The number of aliphatic hydroxyl groups is 1. The van der Waals surface area contributed by atoms with Gasteiger partial charge in [-0.05, 0) is 34.2 Å². The molecule has 0 aliphatic rings. The van der Waals surface area contributed by atoms with Gasteiger partial charge in [-0.3, -0.25) is 9.13 Å². The van der Waals surface area contributed by atoms with E-state index in [4.69, 9.17) is 23.8 Å². The summed E-state index contributed by atoms with van der Waals surface area (Å²) in [5.74, 6) is 0. The van der Waals surface area contributed by atoms with Gasteiger partial charge in [-0.1, -0.05) is 0 Å². The molecule has 0 aromatic rings. The van der Waals surface area contributed by atoms with Crippen LogP contribution < -0.4 is 5.73 Å². The zero-order chi connectivity index (χ0) is 16.6. The average molecular weight is 347 g/mol. The molecule has 0 aliphatic heterocycles. The lowest BCUT2D eigenvalue weighted by atomic mass is 10.5. The SMILES string of the molecule is CCOP(=O)(OCC)C(O)(CCN)P(=O)(OCC)OCC. The van der Waals surface area contributed by atoms with Gasteiger partial charge in [0.25, 0.3) is 5.08 Å².